The Morgan fingerprint density at radius 1 is 1.19 bits per heavy atom. The summed E-state index contributed by atoms with van der Waals surface area (Å²) in [6.45, 7) is 4.00. The highest BCUT2D eigenvalue weighted by Crippen LogP contribution is 2.17. The first kappa shape index (κ1) is 18.1. The van der Waals surface area contributed by atoms with Gasteiger partial charge in [0.05, 0.1) is 0 Å². The molecule has 1 saturated heterocycles. The number of hydrogen-bond acceptors (Lipinski definition) is 5. The maximum atomic E-state index is 13.0. The summed E-state index contributed by atoms with van der Waals surface area (Å²) >= 11 is 1.32. The molecule has 2 N–H and O–H groups in total. The summed E-state index contributed by atoms with van der Waals surface area (Å²) in [6, 6.07) is 5.38. The van der Waals surface area contributed by atoms with Gasteiger partial charge in [0.2, 0.25) is 5.91 Å². The molecule has 138 valence electrons. The molecule has 0 aliphatic carbocycles. The molecule has 7 nitrogen and oxygen atoms in total. The molecule has 3 rings (SSSR count). The molecule has 1 aromatic carbocycles. The molecule has 0 saturated carbocycles. The Kier molecular flexibility index (Phi) is 5.67. The molecular formula is C17H20FN5O2S. The number of carbonyl (C=O) groups is 2. The van der Waals surface area contributed by atoms with E-state index in [1.807, 2.05) is 0 Å². The molecule has 1 aliphatic rings. The lowest BCUT2D eigenvalue weighted by atomic mass is 10.2. The number of halogens is 1. The van der Waals surface area contributed by atoms with E-state index in [4.69, 9.17) is 0 Å². The fourth-order valence-electron chi connectivity index (χ4n) is 2.66. The van der Waals surface area contributed by atoms with Crippen molar-refractivity contribution in [3.63, 3.8) is 0 Å². The van der Waals surface area contributed by atoms with E-state index >= 15 is 0 Å². The van der Waals surface area contributed by atoms with E-state index in [1.54, 1.807) is 35.5 Å². The molecule has 9 heteroatoms. The third-order valence-electron chi connectivity index (χ3n) is 4.15. The zero-order valence-electron chi connectivity index (χ0n) is 14.3. The number of thiazole rings is 1. The van der Waals surface area contributed by atoms with Gasteiger partial charge in [-0.25, -0.2) is 14.2 Å². The van der Waals surface area contributed by atoms with Gasteiger partial charge in [0, 0.05) is 43.4 Å². The molecule has 1 aromatic heterocycles. The van der Waals surface area contributed by atoms with Gasteiger partial charge in [-0.2, -0.15) is 0 Å². The Balaban J connectivity index is 1.47. The second-order valence-electron chi connectivity index (χ2n) is 5.95. The molecular weight excluding hydrogens is 357 g/mol. The lowest BCUT2D eigenvalue weighted by molar-refractivity contribution is -0.117. The minimum atomic E-state index is -0.665. The van der Waals surface area contributed by atoms with Crippen LogP contribution in [0.4, 0.5) is 20.0 Å². The molecule has 26 heavy (non-hydrogen) atoms. The van der Waals surface area contributed by atoms with Gasteiger partial charge in [-0.3, -0.25) is 4.79 Å². The lowest BCUT2D eigenvalue weighted by Crippen LogP contribution is -2.54. The molecule has 1 unspecified atom stereocenters. The highest BCUT2D eigenvalue weighted by atomic mass is 32.1. The number of benzene rings is 1. The van der Waals surface area contributed by atoms with E-state index in [-0.39, 0.29) is 17.8 Å². The van der Waals surface area contributed by atoms with Gasteiger partial charge in [0.25, 0.3) is 0 Å². The van der Waals surface area contributed by atoms with Crippen LogP contribution < -0.4 is 15.5 Å². The second-order valence-corrected chi connectivity index (χ2v) is 6.84. The molecule has 0 bridgehead atoms. The summed E-state index contributed by atoms with van der Waals surface area (Å²) in [4.78, 5) is 32.2. The molecule has 1 aliphatic heterocycles. The van der Waals surface area contributed by atoms with Crippen LogP contribution in [0.3, 0.4) is 0 Å². The largest absolute Gasteiger partial charge is 0.368 e. The van der Waals surface area contributed by atoms with Crippen molar-refractivity contribution >= 4 is 34.1 Å². The summed E-state index contributed by atoms with van der Waals surface area (Å²) in [6.07, 6.45) is 1.60. The van der Waals surface area contributed by atoms with E-state index in [1.165, 1.54) is 23.5 Å². The Morgan fingerprint density at radius 3 is 2.50 bits per heavy atom. The van der Waals surface area contributed by atoms with Crippen molar-refractivity contribution in [3.8, 4) is 0 Å². The molecule has 2 aromatic rings. The summed E-state index contributed by atoms with van der Waals surface area (Å²) in [7, 11) is 0. The van der Waals surface area contributed by atoms with Crippen molar-refractivity contribution in [1.82, 2.24) is 15.2 Å². The first-order chi connectivity index (χ1) is 12.5. The third kappa shape index (κ3) is 4.48. The van der Waals surface area contributed by atoms with Gasteiger partial charge >= 0.3 is 6.03 Å². The number of piperazine rings is 1. The van der Waals surface area contributed by atoms with Crippen molar-refractivity contribution in [2.45, 2.75) is 13.0 Å². The number of nitrogens with zero attached hydrogens (tertiary/aromatic N) is 3. The van der Waals surface area contributed by atoms with Crippen LogP contribution in [-0.4, -0.2) is 54.0 Å². The highest BCUT2D eigenvalue weighted by Gasteiger charge is 2.24. The van der Waals surface area contributed by atoms with E-state index in [9.17, 15) is 14.0 Å². The number of aromatic nitrogens is 1. The molecule has 2 heterocycles. The van der Waals surface area contributed by atoms with Crippen LogP contribution in [0, 0.1) is 5.82 Å². The molecule has 0 spiro atoms. The summed E-state index contributed by atoms with van der Waals surface area (Å²) in [5.41, 5.74) is 0.933. The average molecular weight is 377 g/mol. The van der Waals surface area contributed by atoms with Gasteiger partial charge in [-0.15, -0.1) is 11.3 Å². The van der Waals surface area contributed by atoms with E-state index < -0.39 is 6.04 Å². The molecule has 1 fully saturated rings. The van der Waals surface area contributed by atoms with Crippen LogP contribution in [0.1, 0.15) is 6.92 Å². The third-order valence-corrected chi connectivity index (χ3v) is 4.84. The van der Waals surface area contributed by atoms with E-state index in [0.717, 1.165) is 5.69 Å². The van der Waals surface area contributed by atoms with Crippen LogP contribution in [0.5, 0.6) is 0 Å². The number of urea groups is 1. The predicted octanol–water partition coefficient (Wildman–Crippen LogP) is 2.14. The quantitative estimate of drug-likeness (QED) is 0.856. The van der Waals surface area contributed by atoms with Crippen molar-refractivity contribution in [1.29, 1.82) is 0 Å². The first-order valence-electron chi connectivity index (χ1n) is 8.29. The van der Waals surface area contributed by atoms with Gasteiger partial charge in [-0.05, 0) is 31.2 Å². The lowest BCUT2D eigenvalue weighted by Gasteiger charge is -2.36. The predicted molar refractivity (Wildman–Crippen MR) is 98.9 cm³/mol. The normalized spacial score (nSPS) is 15.5. The highest BCUT2D eigenvalue weighted by molar-refractivity contribution is 7.13. The van der Waals surface area contributed by atoms with Gasteiger partial charge in [0.1, 0.15) is 11.9 Å². The van der Waals surface area contributed by atoms with E-state index in [0.29, 0.717) is 31.3 Å². The second kappa shape index (κ2) is 8.13. The zero-order valence-corrected chi connectivity index (χ0v) is 15.1. The fourth-order valence-corrected chi connectivity index (χ4v) is 3.19. The Hall–Kier alpha value is -2.68. The monoisotopic (exact) mass is 377 g/mol. The summed E-state index contributed by atoms with van der Waals surface area (Å²) < 4.78 is 13.0. The topological polar surface area (TPSA) is 77.6 Å². The Morgan fingerprint density at radius 2 is 1.88 bits per heavy atom. The number of amides is 3. The average Bonchev–Trinajstić information content (AvgIpc) is 3.15. The number of hydrogen-bond donors (Lipinski definition) is 2. The number of carbonyl (C=O) groups excluding carboxylic acids is 2. The van der Waals surface area contributed by atoms with Crippen molar-refractivity contribution in [2.75, 3.05) is 36.4 Å². The number of nitrogens with one attached hydrogen (secondary N) is 2. The zero-order chi connectivity index (χ0) is 18.5. The molecule has 0 radical (unpaired) electrons. The van der Waals surface area contributed by atoms with Crippen LogP contribution in [0.15, 0.2) is 35.8 Å². The van der Waals surface area contributed by atoms with Gasteiger partial charge < -0.3 is 20.4 Å². The SMILES string of the molecule is CC(NC(=O)N1CCN(c2ccc(F)cc2)CC1)C(=O)Nc1nccs1. The maximum Gasteiger partial charge on any atom is 0.318 e. The summed E-state index contributed by atoms with van der Waals surface area (Å²) in [5.74, 6) is -0.574. The Labute approximate surface area is 154 Å². The van der Waals surface area contributed by atoms with Crippen LogP contribution in [0.2, 0.25) is 0 Å². The standard InChI is InChI=1S/C17H20FN5O2S/c1-12(15(24)21-16-19-6-11-26-16)20-17(25)23-9-7-22(8-10-23)14-4-2-13(18)3-5-14/h2-6,11-12H,7-10H2,1H3,(H,20,25)(H,19,21,24). The minimum absolute atomic E-state index is 0.267. The van der Waals surface area contributed by atoms with E-state index in [2.05, 4.69) is 20.5 Å². The smallest absolute Gasteiger partial charge is 0.318 e. The fraction of sp³-hybridized carbons (Fsp3) is 0.353. The first-order valence-corrected chi connectivity index (χ1v) is 9.17. The summed E-state index contributed by atoms with van der Waals surface area (Å²) in [5, 5.41) is 7.63. The molecule has 3 amide bonds. The molecule has 1 atom stereocenters. The number of rotatable bonds is 4. The van der Waals surface area contributed by atoms with Crippen LogP contribution in [-0.2, 0) is 4.79 Å². The van der Waals surface area contributed by atoms with Crippen molar-refractivity contribution < 1.29 is 14.0 Å². The number of anilines is 2. The van der Waals surface area contributed by atoms with Crippen LogP contribution >= 0.6 is 11.3 Å². The Bertz CT molecular complexity index is 745. The maximum absolute atomic E-state index is 13.0. The van der Waals surface area contributed by atoms with Crippen molar-refractivity contribution in [3.05, 3.63) is 41.7 Å². The van der Waals surface area contributed by atoms with Gasteiger partial charge in [0.15, 0.2) is 5.13 Å². The minimum Gasteiger partial charge on any atom is -0.368 e. The van der Waals surface area contributed by atoms with Gasteiger partial charge in [-0.1, -0.05) is 0 Å². The van der Waals surface area contributed by atoms with Crippen molar-refractivity contribution in [2.24, 2.45) is 0 Å². The van der Waals surface area contributed by atoms with Crippen LogP contribution in [0.25, 0.3) is 0 Å².